The van der Waals surface area contributed by atoms with E-state index in [1.807, 2.05) is 6.07 Å². The van der Waals surface area contributed by atoms with Crippen LogP contribution in [-0.2, 0) is 4.74 Å². The lowest BCUT2D eigenvalue weighted by Crippen LogP contribution is -2.04. The lowest BCUT2D eigenvalue weighted by molar-refractivity contribution is 0.0593. The van der Waals surface area contributed by atoms with Crippen molar-refractivity contribution >= 4 is 5.97 Å². The Kier molecular flexibility index (Phi) is 3.62. The van der Waals surface area contributed by atoms with Gasteiger partial charge in [-0.2, -0.15) is 0 Å². The molecule has 0 saturated carbocycles. The van der Waals surface area contributed by atoms with Crippen LogP contribution in [0.3, 0.4) is 0 Å². The molecule has 2 aromatic heterocycles. The smallest absolute Gasteiger partial charge is 0.358 e. The third-order valence-corrected chi connectivity index (χ3v) is 2.04. The minimum Gasteiger partial charge on any atom is -0.464 e. The summed E-state index contributed by atoms with van der Waals surface area (Å²) in [6.07, 6.45) is 6.09. The summed E-state index contributed by atoms with van der Waals surface area (Å²) in [6.45, 7) is 0. The largest absolute Gasteiger partial charge is 0.464 e. The third kappa shape index (κ3) is 2.89. The molecule has 88 valence electrons. The molecule has 0 aliphatic rings. The van der Waals surface area contributed by atoms with Crippen molar-refractivity contribution in [2.24, 2.45) is 0 Å². The molecule has 18 heavy (non-hydrogen) atoms. The Balaban J connectivity index is 2.17. The number of hydrogen-bond acceptors (Lipinski definition) is 5. The minimum absolute atomic E-state index is 0.157. The number of esters is 1. The highest BCUT2D eigenvalue weighted by Gasteiger charge is 2.06. The molecule has 5 nitrogen and oxygen atoms in total. The molecule has 0 aliphatic heterocycles. The number of nitrogens with zero attached hydrogens (tertiary/aromatic N) is 3. The summed E-state index contributed by atoms with van der Waals surface area (Å²) in [5.74, 6) is 5.20. The van der Waals surface area contributed by atoms with Crippen LogP contribution in [0, 0.1) is 11.8 Å². The molecule has 0 fully saturated rings. The van der Waals surface area contributed by atoms with Crippen molar-refractivity contribution in [2.45, 2.75) is 0 Å². The molecule has 0 aromatic carbocycles. The molecule has 0 bridgehead atoms. The van der Waals surface area contributed by atoms with Crippen LogP contribution in [0.15, 0.2) is 36.9 Å². The van der Waals surface area contributed by atoms with Gasteiger partial charge in [0, 0.05) is 18.0 Å². The second-order valence-corrected chi connectivity index (χ2v) is 3.27. The normalized spacial score (nSPS) is 9.17. The fraction of sp³-hybridized carbons (Fsp3) is 0.0769. The minimum atomic E-state index is -0.519. The lowest BCUT2D eigenvalue weighted by Gasteiger charge is -1.96. The molecule has 0 unspecified atom stereocenters. The molecule has 0 radical (unpaired) electrons. The topological polar surface area (TPSA) is 65.0 Å². The maximum atomic E-state index is 11.1. The Hall–Kier alpha value is -2.74. The number of hydrogen-bond donors (Lipinski definition) is 0. The molecule has 2 rings (SSSR count). The number of carbonyl (C=O) groups is 1. The first kappa shape index (κ1) is 11.7. The molecule has 0 spiro atoms. The zero-order valence-corrected chi connectivity index (χ0v) is 9.62. The van der Waals surface area contributed by atoms with Crippen molar-refractivity contribution < 1.29 is 9.53 Å². The Morgan fingerprint density at radius 1 is 1.22 bits per heavy atom. The average Bonchev–Trinajstić information content (AvgIpc) is 2.46. The number of aromatic nitrogens is 3. The Bertz CT molecular complexity index is 598. The number of carbonyl (C=O) groups excluding carboxylic acids is 1. The molecular weight excluding hydrogens is 230 g/mol. The Morgan fingerprint density at radius 2 is 2.11 bits per heavy atom. The maximum Gasteiger partial charge on any atom is 0.358 e. The fourth-order valence-electron chi connectivity index (χ4n) is 1.18. The second-order valence-electron chi connectivity index (χ2n) is 3.27. The van der Waals surface area contributed by atoms with Crippen molar-refractivity contribution in [3.05, 3.63) is 53.9 Å². The fourth-order valence-corrected chi connectivity index (χ4v) is 1.18. The number of methoxy groups -OCH3 is 1. The highest BCUT2D eigenvalue weighted by molar-refractivity contribution is 5.86. The zero-order chi connectivity index (χ0) is 12.8. The Labute approximate surface area is 104 Å². The van der Waals surface area contributed by atoms with Crippen LogP contribution in [0.4, 0.5) is 0 Å². The molecule has 0 saturated heterocycles. The predicted octanol–water partition coefficient (Wildman–Crippen LogP) is 1.06. The van der Waals surface area contributed by atoms with Gasteiger partial charge in [0.25, 0.3) is 0 Å². The van der Waals surface area contributed by atoms with E-state index in [-0.39, 0.29) is 5.69 Å². The standard InChI is InChI=1S/C13H9N3O2/c1-18-13(17)12-9-15-11(8-16-12)5-4-10-3-2-6-14-7-10/h2-3,6-9H,1H3. The Morgan fingerprint density at radius 3 is 2.72 bits per heavy atom. The van der Waals surface area contributed by atoms with Gasteiger partial charge in [0.15, 0.2) is 5.69 Å². The van der Waals surface area contributed by atoms with Gasteiger partial charge in [-0.3, -0.25) is 4.98 Å². The van der Waals surface area contributed by atoms with Crippen molar-refractivity contribution in [2.75, 3.05) is 7.11 Å². The van der Waals surface area contributed by atoms with E-state index in [2.05, 4.69) is 31.5 Å². The van der Waals surface area contributed by atoms with Gasteiger partial charge >= 0.3 is 5.97 Å². The van der Waals surface area contributed by atoms with E-state index < -0.39 is 5.97 Å². The number of ether oxygens (including phenoxy) is 1. The van der Waals surface area contributed by atoms with Gasteiger partial charge in [0.2, 0.25) is 0 Å². The van der Waals surface area contributed by atoms with Crippen molar-refractivity contribution in [3.63, 3.8) is 0 Å². The summed E-state index contributed by atoms with van der Waals surface area (Å²) in [6, 6.07) is 3.65. The molecule has 2 heterocycles. The van der Waals surface area contributed by atoms with Gasteiger partial charge < -0.3 is 4.74 Å². The van der Waals surface area contributed by atoms with E-state index >= 15 is 0 Å². The van der Waals surface area contributed by atoms with Crippen molar-refractivity contribution in [3.8, 4) is 11.8 Å². The van der Waals surface area contributed by atoms with E-state index in [4.69, 9.17) is 0 Å². The molecule has 0 aliphatic carbocycles. The third-order valence-electron chi connectivity index (χ3n) is 2.04. The van der Waals surface area contributed by atoms with Gasteiger partial charge in [0.1, 0.15) is 5.69 Å². The van der Waals surface area contributed by atoms with Crippen LogP contribution < -0.4 is 0 Å². The van der Waals surface area contributed by atoms with Crippen LogP contribution in [0.1, 0.15) is 21.7 Å². The number of pyridine rings is 1. The summed E-state index contributed by atoms with van der Waals surface area (Å²) < 4.78 is 4.52. The monoisotopic (exact) mass is 239 g/mol. The summed E-state index contributed by atoms with van der Waals surface area (Å²) in [4.78, 5) is 23.0. The average molecular weight is 239 g/mol. The molecule has 0 amide bonds. The van der Waals surface area contributed by atoms with E-state index in [0.717, 1.165) is 5.56 Å². The summed E-state index contributed by atoms with van der Waals surface area (Å²) in [5.41, 5.74) is 1.42. The highest BCUT2D eigenvalue weighted by Crippen LogP contribution is 1.97. The summed E-state index contributed by atoms with van der Waals surface area (Å²) in [7, 11) is 1.29. The van der Waals surface area contributed by atoms with Gasteiger partial charge in [-0.25, -0.2) is 14.8 Å². The van der Waals surface area contributed by atoms with E-state index in [0.29, 0.717) is 5.69 Å². The van der Waals surface area contributed by atoms with E-state index in [9.17, 15) is 4.79 Å². The van der Waals surface area contributed by atoms with Gasteiger partial charge in [-0.05, 0) is 18.1 Å². The first-order chi connectivity index (χ1) is 8.79. The van der Waals surface area contributed by atoms with Crippen LogP contribution in [0.25, 0.3) is 0 Å². The maximum absolute atomic E-state index is 11.1. The van der Waals surface area contributed by atoms with Crippen molar-refractivity contribution in [1.82, 2.24) is 15.0 Å². The van der Waals surface area contributed by atoms with E-state index in [1.165, 1.54) is 19.5 Å². The summed E-state index contributed by atoms with van der Waals surface area (Å²) >= 11 is 0. The van der Waals surface area contributed by atoms with E-state index in [1.54, 1.807) is 18.5 Å². The van der Waals surface area contributed by atoms with Gasteiger partial charge in [0.05, 0.1) is 19.5 Å². The first-order valence-corrected chi connectivity index (χ1v) is 5.12. The van der Waals surface area contributed by atoms with Crippen molar-refractivity contribution in [1.29, 1.82) is 0 Å². The molecule has 0 atom stereocenters. The first-order valence-electron chi connectivity index (χ1n) is 5.12. The van der Waals surface area contributed by atoms with Gasteiger partial charge in [-0.1, -0.05) is 5.92 Å². The molecule has 5 heteroatoms. The van der Waals surface area contributed by atoms with Crippen LogP contribution in [0.5, 0.6) is 0 Å². The zero-order valence-electron chi connectivity index (χ0n) is 9.62. The SMILES string of the molecule is COC(=O)c1cnc(C#Cc2cccnc2)cn1. The van der Waals surface area contributed by atoms with Crippen LogP contribution in [0.2, 0.25) is 0 Å². The quantitative estimate of drug-likeness (QED) is 0.550. The molecule has 2 aromatic rings. The lowest BCUT2D eigenvalue weighted by atomic mass is 10.3. The van der Waals surface area contributed by atoms with Crippen LogP contribution in [-0.4, -0.2) is 28.0 Å². The second kappa shape index (κ2) is 5.55. The summed E-state index contributed by atoms with van der Waals surface area (Å²) in [5, 5.41) is 0. The van der Waals surface area contributed by atoms with Crippen LogP contribution >= 0.6 is 0 Å². The highest BCUT2D eigenvalue weighted by atomic mass is 16.5. The van der Waals surface area contributed by atoms with Gasteiger partial charge in [-0.15, -0.1) is 0 Å². The number of rotatable bonds is 1. The molecular formula is C13H9N3O2. The predicted molar refractivity (Wildman–Crippen MR) is 63.6 cm³/mol. The molecule has 0 N–H and O–H groups in total.